The van der Waals surface area contributed by atoms with Crippen molar-refractivity contribution in [1.82, 2.24) is 5.43 Å². The van der Waals surface area contributed by atoms with Crippen LogP contribution in [0.25, 0.3) is 0 Å². The number of hydrogen-bond acceptors (Lipinski definition) is 7. The number of aryl methyl sites for hydroxylation is 1. The van der Waals surface area contributed by atoms with Crippen LogP contribution >= 0.6 is 0 Å². The van der Waals surface area contributed by atoms with Gasteiger partial charge in [0.2, 0.25) is 0 Å². The van der Waals surface area contributed by atoms with Gasteiger partial charge in [-0.3, -0.25) is 4.79 Å². The third kappa shape index (κ3) is 6.80. The summed E-state index contributed by atoms with van der Waals surface area (Å²) in [5, 5.41) is 14.4. The van der Waals surface area contributed by atoms with Crippen molar-refractivity contribution in [2.24, 2.45) is 5.10 Å². The van der Waals surface area contributed by atoms with Gasteiger partial charge < -0.3 is 24.1 Å². The maximum atomic E-state index is 12.0. The molecular weight excluding hydrogens is 388 g/mol. The number of rotatable bonds is 10. The fourth-order valence-electron chi connectivity index (χ4n) is 2.62. The molecular formula is C22H25N2O6-. The predicted octanol–water partition coefficient (Wildman–Crippen LogP) is 1.78. The van der Waals surface area contributed by atoms with Crippen molar-refractivity contribution in [3.8, 4) is 17.2 Å². The third-order valence-corrected chi connectivity index (χ3v) is 4.09. The molecule has 1 N–H and O–H groups in total. The fourth-order valence-corrected chi connectivity index (χ4v) is 2.62. The van der Waals surface area contributed by atoms with Crippen LogP contribution in [0.3, 0.4) is 0 Å². The molecule has 0 bridgehead atoms. The van der Waals surface area contributed by atoms with E-state index in [2.05, 4.69) is 24.4 Å². The van der Waals surface area contributed by atoms with Crippen molar-refractivity contribution in [2.45, 2.75) is 26.7 Å². The number of amides is 1. The topological polar surface area (TPSA) is 109 Å². The molecule has 0 saturated heterocycles. The second-order valence-electron chi connectivity index (χ2n) is 6.85. The van der Waals surface area contributed by atoms with Gasteiger partial charge in [0.25, 0.3) is 5.91 Å². The summed E-state index contributed by atoms with van der Waals surface area (Å²) >= 11 is 0. The molecule has 0 aliphatic carbocycles. The first-order valence-electron chi connectivity index (χ1n) is 9.36. The molecule has 0 aromatic heterocycles. The van der Waals surface area contributed by atoms with Crippen molar-refractivity contribution in [3.05, 3.63) is 53.1 Å². The lowest BCUT2D eigenvalue weighted by Gasteiger charge is -2.14. The molecule has 8 nitrogen and oxygen atoms in total. The number of carboxylic acids is 1. The van der Waals surface area contributed by atoms with E-state index >= 15 is 0 Å². The summed E-state index contributed by atoms with van der Waals surface area (Å²) in [6.07, 6.45) is 1.43. The summed E-state index contributed by atoms with van der Waals surface area (Å²) in [5.41, 5.74) is 5.11. The number of aliphatic carboxylic acids is 1. The minimum absolute atomic E-state index is 0.167. The van der Waals surface area contributed by atoms with E-state index in [9.17, 15) is 14.7 Å². The van der Waals surface area contributed by atoms with E-state index in [0.717, 1.165) is 11.1 Å². The normalized spacial score (nSPS) is 10.8. The van der Waals surface area contributed by atoms with Gasteiger partial charge in [0.1, 0.15) is 12.4 Å². The van der Waals surface area contributed by atoms with E-state index in [0.29, 0.717) is 17.1 Å². The molecule has 0 radical (unpaired) electrons. The van der Waals surface area contributed by atoms with E-state index in [1.54, 1.807) is 18.2 Å². The predicted molar refractivity (Wildman–Crippen MR) is 110 cm³/mol. The van der Waals surface area contributed by atoms with Gasteiger partial charge in [0, 0.05) is 0 Å². The number of carbonyl (C=O) groups is 2. The molecule has 8 heteroatoms. The highest BCUT2D eigenvalue weighted by Gasteiger charge is 2.10. The average Bonchev–Trinajstić information content (AvgIpc) is 2.70. The first-order chi connectivity index (χ1) is 14.3. The van der Waals surface area contributed by atoms with Gasteiger partial charge in [-0.2, -0.15) is 5.10 Å². The van der Waals surface area contributed by atoms with Crippen molar-refractivity contribution in [3.63, 3.8) is 0 Å². The van der Waals surface area contributed by atoms with Crippen LogP contribution in [0.15, 0.2) is 41.5 Å². The van der Waals surface area contributed by atoms with E-state index in [-0.39, 0.29) is 18.3 Å². The summed E-state index contributed by atoms with van der Waals surface area (Å²) in [7, 11) is 1.43. The molecule has 0 fully saturated rings. The summed E-state index contributed by atoms with van der Waals surface area (Å²) in [6, 6.07) is 10.7. The van der Waals surface area contributed by atoms with Crippen molar-refractivity contribution in [1.29, 1.82) is 0 Å². The number of hydrogen-bond donors (Lipinski definition) is 1. The highest BCUT2D eigenvalue weighted by atomic mass is 16.5. The lowest BCUT2D eigenvalue weighted by atomic mass is 10.0. The second kappa shape index (κ2) is 10.8. The lowest BCUT2D eigenvalue weighted by molar-refractivity contribution is -0.307. The Kier molecular flexibility index (Phi) is 8.22. The Morgan fingerprint density at radius 1 is 1.07 bits per heavy atom. The maximum Gasteiger partial charge on any atom is 0.277 e. The standard InChI is InChI=1S/C22H26N2O6/c1-14(2)17-7-5-15(3)9-19(17)29-12-21(25)24-23-11-16-6-8-18(20(10-16)28-4)30-13-22(26)27/h5-11,14H,12-13H2,1-4H3,(H,24,25)(H,26,27)/p-1. The van der Waals surface area contributed by atoms with Gasteiger partial charge >= 0.3 is 0 Å². The number of carbonyl (C=O) groups excluding carboxylic acids is 2. The Bertz CT molecular complexity index is 924. The van der Waals surface area contributed by atoms with Gasteiger partial charge in [0.15, 0.2) is 18.1 Å². The molecule has 0 heterocycles. The zero-order chi connectivity index (χ0) is 22.1. The molecule has 0 aliphatic rings. The van der Waals surface area contributed by atoms with Crippen LogP contribution in [-0.4, -0.2) is 38.4 Å². The maximum absolute atomic E-state index is 12.0. The summed E-state index contributed by atoms with van der Waals surface area (Å²) in [6.45, 7) is 5.33. The highest BCUT2D eigenvalue weighted by molar-refractivity contribution is 5.83. The van der Waals surface area contributed by atoms with E-state index < -0.39 is 18.5 Å². The van der Waals surface area contributed by atoms with Crippen LogP contribution in [-0.2, 0) is 9.59 Å². The molecule has 0 saturated carbocycles. The lowest BCUT2D eigenvalue weighted by Crippen LogP contribution is -2.29. The Balaban J connectivity index is 1.93. The molecule has 1 amide bonds. The van der Waals surface area contributed by atoms with Crippen molar-refractivity contribution >= 4 is 18.1 Å². The number of hydrazone groups is 1. The van der Waals surface area contributed by atoms with Crippen LogP contribution in [0.5, 0.6) is 17.2 Å². The number of nitrogens with zero attached hydrogens (tertiary/aromatic N) is 1. The van der Waals surface area contributed by atoms with E-state index in [4.69, 9.17) is 14.2 Å². The Hall–Kier alpha value is -3.55. The quantitative estimate of drug-likeness (QED) is 0.470. The van der Waals surface area contributed by atoms with Crippen molar-refractivity contribution in [2.75, 3.05) is 20.3 Å². The molecule has 30 heavy (non-hydrogen) atoms. The molecule has 2 aromatic carbocycles. The molecule has 0 atom stereocenters. The SMILES string of the molecule is COc1cc(C=NNC(=O)COc2cc(C)ccc2C(C)C)ccc1OCC(=O)[O-]. The molecule has 2 aromatic rings. The molecule has 0 unspecified atom stereocenters. The van der Waals surface area contributed by atoms with E-state index in [1.807, 2.05) is 25.1 Å². The van der Waals surface area contributed by atoms with Gasteiger partial charge in [0.05, 0.1) is 19.3 Å². The summed E-state index contributed by atoms with van der Waals surface area (Å²) < 4.78 is 15.9. The largest absolute Gasteiger partial charge is 0.546 e. The van der Waals surface area contributed by atoms with Crippen LogP contribution < -0.4 is 24.7 Å². The summed E-state index contributed by atoms with van der Waals surface area (Å²) in [5.74, 6) is -0.190. The highest BCUT2D eigenvalue weighted by Crippen LogP contribution is 2.28. The zero-order valence-corrected chi connectivity index (χ0v) is 17.4. The minimum Gasteiger partial charge on any atom is -0.546 e. The number of nitrogens with one attached hydrogen (secondary N) is 1. The Labute approximate surface area is 175 Å². The molecule has 2 rings (SSSR count). The van der Waals surface area contributed by atoms with E-state index in [1.165, 1.54) is 13.3 Å². The molecule has 0 spiro atoms. The first-order valence-corrected chi connectivity index (χ1v) is 9.36. The average molecular weight is 413 g/mol. The Morgan fingerprint density at radius 2 is 1.80 bits per heavy atom. The molecule has 160 valence electrons. The summed E-state index contributed by atoms with van der Waals surface area (Å²) in [4.78, 5) is 22.6. The first kappa shape index (κ1) is 22.7. The van der Waals surface area contributed by atoms with Crippen LogP contribution in [0.4, 0.5) is 0 Å². The number of ether oxygens (including phenoxy) is 3. The number of benzene rings is 2. The van der Waals surface area contributed by atoms with Gasteiger partial charge in [-0.05, 0) is 53.8 Å². The molecule has 0 aliphatic heterocycles. The van der Waals surface area contributed by atoms with Crippen LogP contribution in [0.2, 0.25) is 0 Å². The van der Waals surface area contributed by atoms with Crippen molar-refractivity contribution < 1.29 is 28.9 Å². The van der Waals surface area contributed by atoms with Gasteiger partial charge in [-0.1, -0.05) is 26.0 Å². The minimum atomic E-state index is -1.33. The third-order valence-electron chi connectivity index (χ3n) is 4.09. The van der Waals surface area contributed by atoms with Gasteiger partial charge in [-0.25, -0.2) is 5.43 Å². The monoisotopic (exact) mass is 413 g/mol. The van der Waals surface area contributed by atoms with Gasteiger partial charge in [-0.15, -0.1) is 0 Å². The zero-order valence-electron chi connectivity index (χ0n) is 17.4. The second-order valence-corrected chi connectivity index (χ2v) is 6.85. The number of carboxylic acid groups (broad SMARTS) is 1. The van der Waals surface area contributed by atoms with Crippen LogP contribution in [0, 0.1) is 6.92 Å². The number of methoxy groups -OCH3 is 1. The smallest absolute Gasteiger partial charge is 0.277 e. The fraction of sp³-hybridized carbons (Fsp3) is 0.318. The van der Waals surface area contributed by atoms with Crippen LogP contribution in [0.1, 0.15) is 36.5 Å². The Morgan fingerprint density at radius 3 is 2.47 bits per heavy atom.